The molecule has 2 aromatic rings. The van der Waals surface area contributed by atoms with E-state index in [0.717, 1.165) is 5.69 Å². The zero-order valence-corrected chi connectivity index (χ0v) is 12.2. The fourth-order valence-corrected chi connectivity index (χ4v) is 2.09. The summed E-state index contributed by atoms with van der Waals surface area (Å²) in [6, 6.07) is 12.6. The summed E-state index contributed by atoms with van der Waals surface area (Å²) in [6.07, 6.45) is 0. The third kappa shape index (κ3) is 4.24. The summed E-state index contributed by atoms with van der Waals surface area (Å²) in [5.41, 5.74) is 2.30. The van der Waals surface area contributed by atoms with Crippen LogP contribution in [0, 0.1) is 12.7 Å². The molecule has 0 spiro atoms. The van der Waals surface area contributed by atoms with E-state index in [0.29, 0.717) is 23.4 Å². The summed E-state index contributed by atoms with van der Waals surface area (Å²) >= 11 is 3.27. The van der Waals surface area contributed by atoms with E-state index in [2.05, 4.69) is 40.3 Å². The molecule has 0 atom stereocenters. The van der Waals surface area contributed by atoms with Crippen LogP contribution >= 0.6 is 15.9 Å². The van der Waals surface area contributed by atoms with E-state index in [4.69, 9.17) is 4.74 Å². The Morgan fingerprint density at radius 1 is 1.16 bits per heavy atom. The van der Waals surface area contributed by atoms with Crippen molar-refractivity contribution in [3.63, 3.8) is 0 Å². The van der Waals surface area contributed by atoms with Crippen LogP contribution in [0.3, 0.4) is 0 Å². The van der Waals surface area contributed by atoms with E-state index >= 15 is 0 Å². The molecule has 19 heavy (non-hydrogen) atoms. The lowest BCUT2D eigenvalue weighted by Gasteiger charge is -2.10. The smallest absolute Gasteiger partial charge is 0.133 e. The molecule has 1 N–H and O–H groups in total. The predicted molar refractivity (Wildman–Crippen MR) is 79.3 cm³/mol. The van der Waals surface area contributed by atoms with Gasteiger partial charge in [0.25, 0.3) is 0 Å². The van der Waals surface area contributed by atoms with Gasteiger partial charge in [-0.05, 0) is 53.2 Å². The minimum atomic E-state index is -0.281. The van der Waals surface area contributed by atoms with Crippen molar-refractivity contribution in [3.8, 4) is 5.75 Å². The van der Waals surface area contributed by atoms with Gasteiger partial charge < -0.3 is 10.1 Å². The Labute approximate surface area is 120 Å². The van der Waals surface area contributed by atoms with E-state index in [9.17, 15) is 4.39 Å². The molecule has 0 saturated heterocycles. The topological polar surface area (TPSA) is 21.3 Å². The van der Waals surface area contributed by atoms with Gasteiger partial charge in [-0.3, -0.25) is 0 Å². The average Bonchev–Trinajstić information content (AvgIpc) is 2.39. The molecule has 0 aliphatic carbocycles. The zero-order chi connectivity index (χ0) is 13.7. The third-order valence-corrected chi connectivity index (χ3v) is 3.25. The summed E-state index contributed by atoms with van der Waals surface area (Å²) in [5, 5.41) is 3.26. The number of ether oxygens (including phenoxy) is 1. The standard InChI is InChI=1S/C15H15BrFNO/c1-11-2-5-13(6-3-11)18-8-9-19-15-7-4-12(17)10-14(15)16/h2-7,10,18H,8-9H2,1H3. The van der Waals surface area contributed by atoms with Crippen LogP contribution in [0.15, 0.2) is 46.9 Å². The number of nitrogens with one attached hydrogen (secondary N) is 1. The minimum absolute atomic E-state index is 0.281. The Morgan fingerprint density at radius 2 is 1.89 bits per heavy atom. The highest BCUT2D eigenvalue weighted by Gasteiger charge is 2.02. The second kappa shape index (κ2) is 6.57. The lowest BCUT2D eigenvalue weighted by molar-refractivity contribution is 0.330. The Morgan fingerprint density at radius 3 is 2.58 bits per heavy atom. The van der Waals surface area contributed by atoms with Crippen molar-refractivity contribution in [3.05, 3.63) is 58.3 Å². The van der Waals surface area contributed by atoms with Gasteiger partial charge in [0.05, 0.1) is 4.47 Å². The van der Waals surface area contributed by atoms with Gasteiger partial charge in [-0.1, -0.05) is 17.7 Å². The van der Waals surface area contributed by atoms with Crippen molar-refractivity contribution >= 4 is 21.6 Å². The molecule has 2 aromatic carbocycles. The second-order valence-electron chi connectivity index (χ2n) is 4.22. The fraction of sp³-hybridized carbons (Fsp3) is 0.200. The molecule has 0 amide bonds. The lowest BCUT2D eigenvalue weighted by atomic mass is 10.2. The number of hydrogen-bond donors (Lipinski definition) is 1. The maximum atomic E-state index is 12.9. The van der Waals surface area contributed by atoms with Crippen LogP contribution in [-0.2, 0) is 0 Å². The van der Waals surface area contributed by atoms with Gasteiger partial charge in [0.1, 0.15) is 18.2 Å². The van der Waals surface area contributed by atoms with Gasteiger partial charge in [0.15, 0.2) is 0 Å². The van der Waals surface area contributed by atoms with Gasteiger partial charge in [-0.15, -0.1) is 0 Å². The van der Waals surface area contributed by atoms with Crippen LogP contribution < -0.4 is 10.1 Å². The first-order valence-electron chi connectivity index (χ1n) is 6.03. The first-order chi connectivity index (χ1) is 9.15. The number of benzene rings is 2. The maximum absolute atomic E-state index is 12.9. The number of rotatable bonds is 5. The molecule has 0 aliphatic heterocycles. The molecule has 2 rings (SSSR count). The summed E-state index contributed by atoms with van der Waals surface area (Å²) < 4.78 is 19.1. The van der Waals surface area contributed by atoms with Crippen molar-refractivity contribution in [2.45, 2.75) is 6.92 Å². The fourth-order valence-electron chi connectivity index (χ4n) is 1.62. The molecule has 0 unspecified atom stereocenters. The van der Waals surface area contributed by atoms with Crippen LogP contribution in [0.4, 0.5) is 10.1 Å². The summed E-state index contributed by atoms with van der Waals surface area (Å²) in [5.74, 6) is 0.365. The lowest BCUT2D eigenvalue weighted by Crippen LogP contribution is -2.11. The zero-order valence-electron chi connectivity index (χ0n) is 10.6. The van der Waals surface area contributed by atoms with Gasteiger partial charge in [0.2, 0.25) is 0 Å². The van der Waals surface area contributed by atoms with Crippen molar-refractivity contribution in [2.75, 3.05) is 18.5 Å². The summed E-state index contributed by atoms with van der Waals surface area (Å²) in [6.45, 7) is 3.25. The van der Waals surface area contributed by atoms with Crippen LogP contribution in [0.25, 0.3) is 0 Å². The SMILES string of the molecule is Cc1ccc(NCCOc2ccc(F)cc2Br)cc1. The molecule has 0 fully saturated rings. The summed E-state index contributed by atoms with van der Waals surface area (Å²) in [4.78, 5) is 0. The van der Waals surface area contributed by atoms with Crippen LogP contribution in [0.5, 0.6) is 5.75 Å². The molecule has 4 heteroatoms. The highest BCUT2D eigenvalue weighted by atomic mass is 79.9. The van der Waals surface area contributed by atoms with Crippen LogP contribution in [-0.4, -0.2) is 13.2 Å². The number of anilines is 1. The van der Waals surface area contributed by atoms with Gasteiger partial charge >= 0.3 is 0 Å². The Bertz CT molecular complexity index is 542. The van der Waals surface area contributed by atoms with Gasteiger partial charge in [-0.2, -0.15) is 0 Å². The highest BCUT2D eigenvalue weighted by Crippen LogP contribution is 2.25. The molecule has 0 bridgehead atoms. The van der Waals surface area contributed by atoms with Gasteiger partial charge in [-0.25, -0.2) is 4.39 Å². The molecule has 0 aromatic heterocycles. The van der Waals surface area contributed by atoms with Crippen molar-refractivity contribution in [1.82, 2.24) is 0 Å². The number of halogens is 2. The Kier molecular flexibility index (Phi) is 4.80. The third-order valence-electron chi connectivity index (χ3n) is 2.63. The van der Waals surface area contributed by atoms with Crippen molar-refractivity contribution in [2.24, 2.45) is 0 Å². The van der Waals surface area contributed by atoms with Gasteiger partial charge in [0, 0.05) is 12.2 Å². The Balaban J connectivity index is 1.79. The summed E-state index contributed by atoms with van der Waals surface area (Å²) in [7, 11) is 0. The first kappa shape index (κ1) is 13.9. The largest absolute Gasteiger partial charge is 0.491 e. The first-order valence-corrected chi connectivity index (χ1v) is 6.83. The molecule has 0 heterocycles. The van der Waals surface area contributed by atoms with E-state index in [1.807, 2.05) is 12.1 Å². The maximum Gasteiger partial charge on any atom is 0.133 e. The molecular formula is C15H15BrFNO. The van der Waals surface area contributed by atoms with E-state index in [1.165, 1.54) is 17.7 Å². The average molecular weight is 324 g/mol. The van der Waals surface area contributed by atoms with Crippen LogP contribution in [0.2, 0.25) is 0 Å². The quantitative estimate of drug-likeness (QED) is 0.824. The van der Waals surface area contributed by atoms with E-state index < -0.39 is 0 Å². The molecule has 0 aliphatic rings. The highest BCUT2D eigenvalue weighted by molar-refractivity contribution is 9.10. The van der Waals surface area contributed by atoms with E-state index in [1.54, 1.807) is 6.07 Å². The van der Waals surface area contributed by atoms with Crippen LogP contribution in [0.1, 0.15) is 5.56 Å². The minimum Gasteiger partial charge on any atom is -0.491 e. The van der Waals surface area contributed by atoms with Crippen molar-refractivity contribution < 1.29 is 9.13 Å². The molecule has 2 nitrogen and oxygen atoms in total. The molecular weight excluding hydrogens is 309 g/mol. The molecule has 0 radical (unpaired) electrons. The number of hydrogen-bond acceptors (Lipinski definition) is 2. The molecule has 100 valence electrons. The normalized spacial score (nSPS) is 10.3. The molecule has 0 saturated carbocycles. The monoisotopic (exact) mass is 323 g/mol. The van der Waals surface area contributed by atoms with Crippen molar-refractivity contribution in [1.29, 1.82) is 0 Å². The van der Waals surface area contributed by atoms with E-state index in [-0.39, 0.29) is 5.82 Å². The second-order valence-corrected chi connectivity index (χ2v) is 5.07. The number of aryl methyl sites for hydroxylation is 1. The predicted octanol–water partition coefficient (Wildman–Crippen LogP) is 4.39. The Hall–Kier alpha value is -1.55.